The molecule has 1 amide bonds. The van der Waals surface area contributed by atoms with Crippen LogP contribution in [0.4, 0.5) is 0 Å². The molecule has 0 bridgehead atoms. The zero-order valence-corrected chi connectivity index (χ0v) is 11.1. The average Bonchev–Trinajstić information content (AvgIpc) is 2.81. The Balaban J connectivity index is 2.23. The van der Waals surface area contributed by atoms with Gasteiger partial charge in [0, 0.05) is 12.2 Å². The quantitative estimate of drug-likeness (QED) is 0.846. The van der Waals surface area contributed by atoms with Crippen LogP contribution in [0.15, 0.2) is 0 Å². The van der Waals surface area contributed by atoms with Gasteiger partial charge in [0.25, 0.3) is 5.91 Å². The molecule has 6 heteroatoms. The number of thiazole rings is 1. The highest BCUT2D eigenvalue weighted by molar-refractivity contribution is 7.19. The van der Waals surface area contributed by atoms with Crippen molar-refractivity contribution in [2.24, 2.45) is 0 Å². The van der Waals surface area contributed by atoms with E-state index in [1.165, 1.54) is 11.3 Å². The molecule has 1 N–H and O–H groups in total. The van der Waals surface area contributed by atoms with E-state index < -0.39 is 0 Å². The summed E-state index contributed by atoms with van der Waals surface area (Å²) in [5, 5.41) is 10.9. The lowest BCUT2D eigenvalue weighted by Gasteiger charge is -2.02. The molecule has 2 rings (SSSR count). The monoisotopic (exact) mass is 252 g/mol. The van der Waals surface area contributed by atoms with E-state index in [0.29, 0.717) is 0 Å². The van der Waals surface area contributed by atoms with Crippen molar-refractivity contribution in [3.8, 4) is 0 Å². The number of aromatic nitrogens is 3. The number of fused-ring (bicyclic) bond motifs is 1. The number of hydrogen-bond donors (Lipinski definition) is 1. The zero-order chi connectivity index (χ0) is 12.4. The van der Waals surface area contributed by atoms with Crippen molar-refractivity contribution in [1.82, 2.24) is 19.9 Å². The summed E-state index contributed by atoms with van der Waals surface area (Å²) in [6, 6.07) is 0. The van der Waals surface area contributed by atoms with Crippen molar-refractivity contribution in [3.63, 3.8) is 0 Å². The van der Waals surface area contributed by atoms with Gasteiger partial charge in [0.2, 0.25) is 4.96 Å². The van der Waals surface area contributed by atoms with Gasteiger partial charge >= 0.3 is 0 Å². The van der Waals surface area contributed by atoms with Gasteiger partial charge in [-0.05, 0) is 20.3 Å². The molecule has 2 heterocycles. The minimum Gasteiger partial charge on any atom is -0.351 e. The molecular formula is C11H16N4OS. The van der Waals surface area contributed by atoms with Gasteiger partial charge in [-0.15, -0.1) is 10.2 Å². The second-order valence-corrected chi connectivity index (χ2v) is 4.97. The van der Waals surface area contributed by atoms with Gasteiger partial charge in [-0.1, -0.05) is 24.7 Å². The molecule has 2 aromatic rings. The van der Waals surface area contributed by atoms with E-state index in [9.17, 15) is 4.79 Å². The molecule has 0 atom stereocenters. The first-order chi connectivity index (χ1) is 8.15. The summed E-state index contributed by atoms with van der Waals surface area (Å²) in [6.45, 7) is 6.64. The SMILES string of the molecule is CCCCNC(=O)c1sc2nnc(C)n2c1C. The van der Waals surface area contributed by atoms with E-state index in [2.05, 4.69) is 22.4 Å². The van der Waals surface area contributed by atoms with Crippen LogP contribution in [0.3, 0.4) is 0 Å². The van der Waals surface area contributed by atoms with Gasteiger partial charge in [-0.25, -0.2) is 0 Å². The van der Waals surface area contributed by atoms with Crippen molar-refractivity contribution < 1.29 is 4.79 Å². The lowest BCUT2D eigenvalue weighted by molar-refractivity contribution is 0.0956. The molecule has 0 aliphatic carbocycles. The number of rotatable bonds is 4. The summed E-state index contributed by atoms with van der Waals surface area (Å²) in [5.41, 5.74) is 0.918. The fourth-order valence-electron chi connectivity index (χ4n) is 1.73. The molecule has 0 aliphatic rings. The number of unbranched alkanes of at least 4 members (excludes halogenated alkanes) is 1. The standard InChI is InChI=1S/C11H16N4OS/c1-4-5-6-12-10(16)9-7(2)15-8(3)13-14-11(15)17-9/h4-6H2,1-3H3,(H,12,16). The molecule has 0 radical (unpaired) electrons. The molecule has 2 aromatic heterocycles. The molecule has 5 nitrogen and oxygen atoms in total. The zero-order valence-electron chi connectivity index (χ0n) is 10.3. The number of nitrogens with zero attached hydrogens (tertiary/aromatic N) is 3. The number of aryl methyl sites for hydroxylation is 2. The second-order valence-electron chi connectivity index (χ2n) is 3.99. The van der Waals surface area contributed by atoms with Crippen LogP contribution < -0.4 is 5.32 Å². The Kier molecular flexibility index (Phi) is 3.42. The van der Waals surface area contributed by atoms with Crippen LogP contribution in [-0.4, -0.2) is 27.0 Å². The molecular weight excluding hydrogens is 236 g/mol. The minimum atomic E-state index is -0.00847. The maximum atomic E-state index is 12.0. The lowest BCUT2D eigenvalue weighted by atomic mass is 10.3. The van der Waals surface area contributed by atoms with Crippen LogP contribution in [0.1, 0.15) is 41.0 Å². The summed E-state index contributed by atoms with van der Waals surface area (Å²) < 4.78 is 1.92. The fourth-order valence-corrected chi connectivity index (χ4v) is 2.76. The highest BCUT2D eigenvalue weighted by Crippen LogP contribution is 2.22. The van der Waals surface area contributed by atoms with Gasteiger partial charge in [-0.3, -0.25) is 9.20 Å². The van der Waals surface area contributed by atoms with Gasteiger partial charge in [0.1, 0.15) is 10.7 Å². The molecule has 0 unspecified atom stereocenters. The van der Waals surface area contributed by atoms with Crippen LogP contribution in [0, 0.1) is 13.8 Å². The first-order valence-electron chi connectivity index (χ1n) is 5.74. The topological polar surface area (TPSA) is 59.3 Å². The first kappa shape index (κ1) is 12.0. The van der Waals surface area contributed by atoms with Gasteiger partial charge in [0.05, 0.1) is 0 Å². The summed E-state index contributed by atoms with van der Waals surface area (Å²) in [7, 11) is 0. The smallest absolute Gasteiger partial charge is 0.263 e. The van der Waals surface area contributed by atoms with E-state index >= 15 is 0 Å². The molecule has 0 spiro atoms. The number of nitrogens with one attached hydrogen (secondary N) is 1. The van der Waals surface area contributed by atoms with Gasteiger partial charge in [0.15, 0.2) is 0 Å². The molecule has 0 aromatic carbocycles. The Morgan fingerprint density at radius 1 is 1.41 bits per heavy atom. The third-order valence-corrected chi connectivity index (χ3v) is 3.81. The van der Waals surface area contributed by atoms with Crippen molar-refractivity contribution in [1.29, 1.82) is 0 Å². The van der Waals surface area contributed by atoms with Crippen molar-refractivity contribution in [2.75, 3.05) is 6.54 Å². The molecule has 0 saturated carbocycles. The predicted octanol–water partition coefficient (Wildman–Crippen LogP) is 1.94. The maximum Gasteiger partial charge on any atom is 0.263 e. The predicted molar refractivity (Wildman–Crippen MR) is 67.6 cm³/mol. The lowest BCUT2D eigenvalue weighted by Crippen LogP contribution is -2.24. The van der Waals surface area contributed by atoms with Crippen LogP contribution >= 0.6 is 11.3 Å². The van der Waals surface area contributed by atoms with Crippen molar-refractivity contribution in [3.05, 3.63) is 16.4 Å². The van der Waals surface area contributed by atoms with Gasteiger partial charge < -0.3 is 5.32 Å². The number of carbonyl (C=O) groups excluding carboxylic acids is 1. The second kappa shape index (κ2) is 4.83. The number of carbonyl (C=O) groups is 1. The molecule has 17 heavy (non-hydrogen) atoms. The van der Waals surface area contributed by atoms with E-state index in [1.807, 2.05) is 18.2 Å². The number of hydrogen-bond acceptors (Lipinski definition) is 4. The molecule has 92 valence electrons. The summed E-state index contributed by atoms with van der Waals surface area (Å²) >= 11 is 1.39. The van der Waals surface area contributed by atoms with Crippen LogP contribution in [0.5, 0.6) is 0 Å². The Hall–Kier alpha value is -1.43. The largest absolute Gasteiger partial charge is 0.351 e. The highest BCUT2D eigenvalue weighted by Gasteiger charge is 2.17. The Morgan fingerprint density at radius 2 is 2.18 bits per heavy atom. The van der Waals surface area contributed by atoms with E-state index in [1.54, 1.807) is 0 Å². The molecule has 0 fully saturated rings. The van der Waals surface area contributed by atoms with E-state index in [4.69, 9.17) is 0 Å². The number of amides is 1. The Bertz CT molecular complexity index is 543. The third-order valence-electron chi connectivity index (χ3n) is 2.67. The summed E-state index contributed by atoms with van der Waals surface area (Å²) in [6.07, 6.45) is 2.09. The fraction of sp³-hybridized carbons (Fsp3) is 0.545. The van der Waals surface area contributed by atoms with Gasteiger partial charge in [-0.2, -0.15) is 0 Å². The first-order valence-corrected chi connectivity index (χ1v) is 6.56. The molecule has 0 saturated heterocycles. The third kappa shape index (κ3) is 2.17. The maximum absolute atomic E-state index is 12.0. The Morgan fingerprint density at radius 3 is 2.82 bits per heavy atom. The van der Waals surface area contributed by atoms with Crippen LogP contribution in [0.25, 0.3) is 4.96 Å². The normalized spacial score (nSPS) is 11.0. The highest BCUT2D eigenvalue weighted by atomic mass is 32.1. The van der Waals surface area contributed by atoms with Crippen LogP contribution in [-0.2, 0) is 0 Å². The van der Waals surface area contributed by atoms with Crippen molar-refractivity contribution >= 4 is 22.2 Å². The van der Waals surface area contributed by atoms with E-state index in [0.717, 1.165) is 40.7 Å². The van der Waals surface area contributed by atoms with Crippen molar-refractivity contribution in [2.45, 2.75) is 33.6 Å². The van der Waals surface area contributed by atoms with E-state index in [-0.39, 0.29) is 5.91 Å². The summed E-state index contributed by atoms with van der Waals surface area (Å²) in [5.74, 6) is 0.812. The minimum absolute atomic E-state index is 0.00847. The Labute approximate surface area is 104 Å². The average molecular weight is 252 g/mol. The molecule has 0 aliphatic heterocycles. The van der Waals surface area contributed by atoms with Crippen LogP contribution in [0.2, 0.25) is 0 Å². The summed E-state index contributed by atoms with van der Waals surface area (Å²) in [4.78, 5) is 13.5.